The summed E-state index contributed by atoms with van der Waals surface area (Å²) in [5.74, 6) is -0.232. The van der Waals surface area contributed by atoms with Gasteiger partial charge in [0.05, 0.1) is 22.8 Å². The molecule has 2 N–H and O–H groups in total. The van der Waals surface area contributed by atoms with E-state index in [1.807, 2.05) is 13.8 Å². The van der Waals surface area contributed by atoms with Gasteiger partial charge in [0.2, 0.25) is 10.0 Å². The van der Waals surface area contributed by atoms with Gasteiger partial charge in [-0.2, -0.15) is 4.31 Å². The summed E-state index contributed by atoms with van der Waals surface area (Å²) in [7, 11) is -3.77. The van der Waals surface area contributed by atoms with E-state index < -0.39 is 22.0 Å². The molecule has 3 unspecified atom stereocenters. The third-order valence-corrected chi connectivity index (χ3v) is 7.12. The largest absolute Gasteiger partial charge is 0.479 e. The highest BCUT2D eigenvalue weighted by Crippen LogP contribution is 2.32. The van der Waals surface area contributed by atoms with Crippen LogP contribution in [0.25, 0.3) is 0 Å². The lowest BCUT2D eigenvalue weighted by Gasteiger charge is -2.34. The quantitative estimate of drug-likeness (QED) is 0.726. The van der Waals surface area contributed by atoms with Crippen LogP contribution in [0.2, 0.25) is 0 Å². The van der Waals surface area contributed by atoms with Crippen LogP contribution in [0.15, 0.2) is 47.4 Å². The molecule has 3 atom stereocenters. The molecule has 0 bridgehead atoms. The van der Waals surface area contributed by atoms with E-state index in [1.165, 1.54) is 22.5 Å². The summed E-state index contributed by atoms with van der Waals surface area (Å²) in [4.78, 5) is 24.7. The lowest BCUT2D eigenvalue weighted by molar-refractivity contribution is -0.122. The average molecular weight is 460 g/mol. The van der Waals surface area contributed by atoms with E-state index in [0.29, 0.717) is 17.1 Å². The highest BCUT2D eigenvalue weighted by atomic mass is 32.2. The van der Waals surface area contributed by atoms with Gasteiger partial charge < -0.3 is 20.1 Å². The molecule has 2 aromatic rings. The van der Waals surface area contributed by atoms with Crippen LogP contribution in [0.3, 0.4) is 0 Å². The molecule has 32 heavy (non-hydrogen) atoms. The number of amides is 2. The molecule has 0 aromatic heterocycles. The maximum atomic E-state index is 13.1. The molecule has 9 nitrogen and oxygen atoms in total. The molecule has 0 radical (unpaired) electrons. The molecule has 4 rings (SSSR count). The van der Waals surface area contributed by atoms with E-state index in [4.69, 9.17) is 9.47 Å². The standard InChI is InChI=1S/C22H25N3O6S/c1-13-11-25(12-14(2)30-13)32(28,29)18-6-4-5-16(9-18)22(27)23-17-7-8-20-19(10-17)24-21(26)15(3)31-20/h4-10,13-15H,11-12H2,1-3H3,(H,23,27)(H,24,26). The normalized spacial score (nSPS) is 23.6. The van der Waals surface area contributed by atoms with Gasteiger partial charge in [0.1, 0.15) is 5.75 Å². The Morgan fingerprint density at radius 3 is 2.53 bits per heavy atom. The van der Waals surface area contributed by atoms with Crippen molar-refractivity contribution in [1.82, 2.24) is 4.31 Å². The summed E-state index contributed by atoms with van der Waals surface area (Å²) < 4.78 is 38.7. The van der Waals surface area contributed by atoms with E-state index in [0.717, 1.165) is 0 Å². The minimum atomic E-state index is -3.77. The molecular weight excluding hydrogens is 434 g/mol. The molecule has 2 aliphatic heterocycles. The molecule has 2 heterocycles. The van der Waals surface area contributed by atoms with Crippen LogP contribution in [0, 0.1) is 0 Å². The third kappa shape index (κ3) is 4.47. The molecule has 2 aliphatic rings. The summed E-state index contributed by atoms with van der Waals surface area (Å²) in [5.41, 5.74) is 1.10. The minimum absolute atomic E-state index is 0.0477. The average Bonchev–Trinajstić information content (AvgIpc) is 2.74. The SMILES string of the molecule is CC1CN(S(=O)(=O)c2cccc(C(=O)Nc3ccc4c(c3)NC(=O)C(C)O4)c2)CC(C)O1. The van der Waals surface area contributed by atoms with Gasteiger partial charge in [0.25, 0.3) is 11.8 Å². The zero-order valence-electron chi connectivity index (χ0n) is 18.0. The van der Waals surface area contributed by atoms with Crippen molar-refractivity contribution in [1.29, 1.82) is 0 Å². The summed E-state index contributed by atoms with van der Waals surface area (Å²) in [6, 6.07) is 10.8. The monoisotopic (exact) mass is 459 g/mol. The molecular formula is C22H25N3O6S. The van der Waals surface area contributed by atoms with Crippen molar-refractivity contribution in [2.24, 2.45) is 0 Å². The first kappa shape index (κ1) is 22.3. The molecule has 2 aromatic carbocycles. The van der Waals surface area contributed by atoms with Gasteiger partial charge >= 0.3 is 0 Å². The Balaban J connectivity index is 1.53. The number of hydrogen-bond acceptors (Lipinski definition) is 6. The number of carbonyl (C=O) groups excluding carboxylic acids is 2. The van der Waals surface area contributed by atoms with Gasteiger partial charge in [-0.1, -0.05) is 6.07 Å². The van der Waals surface area contributed by atoms with Crippen LogP contribution < -0.4 is 15.4 Å². The second-order valence-electron chi connectivity index (χ2n) is 8.02. The Kier molecular flexibility index (Phi) is 5.93. The molecule has 0 spiro atoms. The third-order valence-electron chi connectivity index (χ3n) is 5.29. The van der Waals surface area contributed by atoms with Crippen LogP contribution in [0.4, 0.5) is 11.4 Å². The predicted molar refractivity (Wildman–Crippen MR) is 118 cm³/mol. The van der Waals surface area contributed by atoms with Gasteiger partial charge in [-0.05, 0) is 57.2 Å². The Morgan fingerprint density at radius 2 is 1.81 bits per heavy atom. The van der Waals surface area contributed by atoms with Crippen LogP contribution in [-0.2, 0) is 19.6 Å². The second-order valence-corrected chi connectivity index (χ2v) is 9.96. The zero-order valence-corrected chi connectivity index (χ0v) is 18.8. The molecule has 10 heteroatoms. The number of morpholine rings is 1. The molecule has 170 valence electrons. The van der Waals surface area contributed by atoms with Gasteiger partial charge in [0.15, 0.2) is 6.10 Å². The van der Waals surface area contributed by atoms with Crippen molar-refractivity contribution < 1.29 is 27.5 Å². The first-order chi connectivity index (χ1) is 15.1. The maximum absolute atomic E-state index is 13.1. The van der Waals surface area contributed by atoms with Gasteiger partial charge in [-0.3, -0.25) is 9.59 Å². The lowest BCUT2D eigenvalue weighted by Crippen LogP contribution is -2.48. The summed E-state index contributed by atoms with van der Waals surface area (Å²) >= 11 is 0. The van der Waals surface area contributed by atoms with E-state index in [1.54, 1.807) is 31.2 Å². The maximum Gasteiger partial charge on any atom is 0.265 e. The predicted octanol–water partition coefficient (Wildman–Crippen LogP) is 2.46. The van der Waals surface area contributed by atoms with Crippen molar-refractivity contribution in [2.75, 3.05) is 23.7 Å². The first-order valence-corrected chi connectivity index (χ1v) is 11.8. The van der Waals surface area contributed by atoms with Crippen molar-refractivity contribution >= 4 is 33.2 Å². The Hall–Kier alpha value is -2.95. The number of rotatable bonds is 4. The number of benzene rings is 2. The molecule has 2 amide bonds. The number of sulfonamides is 1. The van der Waals surface area contributed by atoms with Crippen LogP contribution in [0.1, 0.15) is 31.1 Å². The van der Waals surface area contributed by atoms with Crippen molar-refractivity contribution in [3.63, 3.8) is 0 Å². The number of ether oxygens (including phenoxy) is 2. The van der Waals surface area contributed by atoms with Crippen molar-refractivity contribution in [3.8, 4) is 5.75 Å². The number of nitrogens with zero attached hydrogens (tertiary/aromatic N) is 1. The number of nitrogens with one attached hydrogen (secondary N) is 2. The van der Waals surface area contributed by atoms with Gasteiger partial charge in [-0.15, -0.1) is 0 Å². The highest BCUT2D eigenvalue weighted by Gasteiger charge is 2.32. The van der Waals surface area contributed by atoms with E-state index >= 15 is 0 Å². The minimum Gasteiger partial charge on any atom is -0.479 e. The summed E-state index contributed by atoms with van der Waals surface area (Å²) in [5, 5.41) is 5.46. The topological polar surface area (TPSA) is 114 Å². The van der Waals surface area contributed by atoms with E-state index in [2.05, 4.69) is 10.6 Å². The van der Waals surface area contributed by atoms with Crippen molar-refractivity contribution in [3.05, 3.63) is 48.0 Å². The van der Waals surface area contributed by atoms with Crippen LogP contribution in [0.5, 0.6) is 5.75 Å². The fourth-order valence-corrected chi connectivity index (χ4v) is 5.40. The van der Waals surface area contributed by atoms with Gasteiger partial charge in [-0.25, -0.2) is 8.42 Å². The number of hydrogen-bond donors (Lipinski definition) is 2. The number of anilines is 2. The van der Waals surface area contributed by atoms with Crippen molar-refractivity contribution in [2.45, 2.75) is 44.0 Å². The first-order valence-electron chi connectivity index (χ1n) is 10.3. The fraction of sp³-hybridized carbons (Fsp3) is 0.364. The number of fused-ring (bicyclic) bond motifs is 1. The van der Waals surface area contributed by atoms with E-state index in [9.17, 15) is 18.0 Å². The van der Waals surface area contributed by atoms with E-state index in [-0.39, 0.29) is 41.7 Å². The summed E-state index contributed by atoms with van der Waals surface area (Å²) in [6.45, 7) is 5.81. The number of carbonyl (C=O) groups is 2. The molecule has 1 fully saturated rings. The van der Waals surface area contributed by atoms with Gasteiger partial charge in [0, 0.05) is 24.3 Å². The summed E-state index contributed by atoms with van der Waals surface area (Å²) in [6.07, 6.45) is -1.02. The fourth-order valence-electron chi connectivity index (χ4n) is 3.76. The Bertz CT molecular complexity index is 1160. The van der Waals surface area contributed by atoms with Crippen LogP contribution in [-0.4, -0.2) is 55.9 Å². The Labute approximate surface area is 186 Å². The smallest absolute Gasteiger partial charge is 0.265 e. The Morgan fingerprint density at radius 1 is 1.09 bits per heavy atom. The molecule has 1 saturated heterocycles. The molecule has 0 aliphatic carbocycles. The van der Waals surface area contributed by atoms with Crippen LogP contribution >= 0.6 is 0 Å². The molecule has 0 saturated carbocycles. The zero-order chi connectivity index (χ0) is 23.0. The lowest BCUT2D eigenvalue weighted by atomic mass is 10.2. The highest BCUT2D eigenvalue weighted by molar-refractivity contribution is 7.89. The second kappa shape index (κ2) is 8.53.